The molecule has 0 aromatic rings. The predicted octanol–water partition coefficient (Wildman–Crippen LogP) is -3.21. The Morgan fingerprint density at radius 2 is 1.71 bits per heavy atom. The van der Waals surface area contributed by atoms with E-state index in [-0.39, 0.29) is 12.4 Å². The van der Waals surface area contributed by atoms with Crippen LogP contribution in [0.2, 0.25) is 0 Å². The molecule has 0 aromatic carbocycles. The summed E-state index contributed by atoms with van der Waals surface area (Å²) < 4.78 is 11.0. The second kappa shape index (κ2) is 8.09. The van der Waals surface area contributed by atoms with Gasteiger partial charge in [0.15, 0.2) is 6.29 Å². The molecule has 6 N–H and O–H groups in total. The van der Waals surface area contributed by atoms with Crippen molar-refractivity contribution in [3.63, 3.8) is 0 Å². The van der Waals surface area contributed by atoms with Crippen molar-refractivity contribution in [3.05, 3.63) is 0 Å². The summed E-state index contributed by atoms with van der Waals surface area (Å²) in [6.07, 6.45) is -7.75. The number of nitrogens with zero attached hydrogens (tertiary/aromatic N) is 1. The van der Waals surface area contributed by atoms with Gasteiger partial charge in [-0.05, 0) is 19.4 Å². The number of fused-ring (bicyclic) bond motifs is 1. The maximum absolute atomic E-state index is 10.2. The van der Waals surface area contributed by atoms with Crippen molar-refractivity contribution in [3.8, 4) is 0 Å². The summed E-state index contributed by atoms with van der Waals surface area (Å²) in [5, 5.41) is 59.2. The molecule has 10 heteroatoms. The summed E-state index contributed by atoms with van der Waals surface area (Å²) >= 11 is 0. The van der Waals surface area contributed by atoms with Crippen molar-refractivity contribution in [1.29, 1.82) is 0 Å². The molecular formula is C14H26ClNO8. The molecular weight excluding hydrogens is 346 g/mol. The number of halogens is 1. The van der Waals surface area contributed by atoms with Gasteiger partial charge in [0.25, 0.3) is 0 Å². The van der Waals surface area contributed by atoms with Gasteiger partial charge in [0.05, 0.1) is 24.9 Å². The van der Waals surface area contributed by atoms with Crippen LogP contribution >= 0.6 is 12.4 Å². The van der Waals surface area contributed by atoms with Gasteiger partial charge >= 0.3 is 0 Å². The number of hydrogen-bond acceptors (Lipinski definition) is 9. The van der Waals surface area contributed by atoms with E-state index in [1.165, 1.54) is 0 Å². The predicted molar refractivity (Wildman–Crippen MR) is 82.5 cm³/mol. The third-order valence-corrected chi connectivity index (χ3v) is 5.04. The molecule has 3 aliphatic heterocycles. The van der Waals surface area contributed by atoms with Crippen molar-refractivity contribution in [2.24, 2.45) is 0 Å². The van der Waals surface area contributed by atoms with Crippen LogP contribution in [-0.4, -0.2) is 110 Å². The van der Waals surface area contributed by atoms with E-state index in [0.717, 1.165) is 13.0 Å². The van der Waals surface area contributed by atoms with Gasteiger partial charge in [-0.1, -0.05) is 0 Å². The topological polar surface area (TPSA) is 143 Å². The first-order valence-electron chi connectivity index (χ1n) is 8.00. The van der Waals surface area contributed by atoms with E-state index in [4.69, 9.17) is 9.47 Å². The molecule has 3 heterocycles. The van der Waals surface area contributed by atoms with Crippen molar-refractivity contribution < 1.29 is 40.1 Å². The Balaban J connectivity index is 0.00000208. The number of aliphatic hydroxyl groups is 6. The number of aliphatic hydroxyl groups excluding tert-OH is 6. The summed E-state index contributed by atoms with van der Waals surface area (Å²) in [7, 11) is 0. The second-order valence-corrected chi connectivity index (χ2v) is 6.56. The lowest BCUT2D eigenvalue weighted by Gasteiger charge is -2.42. The Kier molecular flexibility index (Phi) is 6.82. The summed E-state index contributed by atoms with van der Waals surface area (Å²) in [4.78, 5) is 1.94. The van der Waals surface area contributed by atoms with Crippen LogP contribution in [0.15, 0.2) is 0 Å². The molecule has 0 aromatic heterocycles. The molecule has 3 rings (SSSR count). The normalized spacial score (nSPS) is 49.5. The molecule has 0 radical (unpaired) electrons. The number of piperidine rings is 1. The molecule has 24 heavy (non-hydrogen) atoms. The van der Waals surface area contributed by atoms with Gasteiger partial charge in [0.1, 0.15) is 30.5 Å². The van der Waals surface area contributed by atoms with Gasteiger partial charge < -0.3 is 40.1 Å². The van der Waals surface area contributed by atoms with Gasteiger partial charge in [0.2, 0.25) is 0 Å². The highest BCUT2D eigenvalue weighted by atomic mass is 35.5. The molecule has 0 saturated carbocycles. The third kappa shape index (κ3) is 3.56. The third-order valence-electron chi connectivity index (χ3n) is 5.04. The molecule has 9 atom stereocenters. The molecule has 142 valence electrons. The van der Waals surface area contributed by atoms with Crippen LogP contribution in [0.3, 0.4) is 0 Å². The average molecular weight is 372 g/mol. The lowest BCUT2D eigenvalue weighted by atomic mass is 9.96. The molecule has 0 amide bonds. The smallest absolute Gasteiger partial charge is 0.187 e. The van der Waals surface area contributed by atoms with Crippen LogP contribution in [0.4, 0.5) is 0 Å². The van der Waals surface area contributed by atoms with E-state index in [1.807, 2.05) is 4.90 Å². The van der Waals surface area contributed by atoms with Crippen LogP contribution in [-0.2, 0) is 9.47 Å². The Morgan fingerprint density at radius 1 is 1.00 bits per heavy atom. The van der Waals surface area contributed by atoms with Crippen molar-refractivity contribution in [1.82, 2.24) is 4.90 Å². The van der Waals surface area contributed by atoms with Crippen LogP contribution in [0.5, 0.6) is 0 Å². The van der Waals surface area contributed by atoms with Crippen molar-refractivity contribution in [2.75, 3.05) is 19.7 Å². The fourth-order valence-corrected chi connectivity index (χ4v) is 3.78. The van der Waals surface area contributed by atoms with Gasteiger partial charge in [-0.3, -0.25) is 4.90 Å². The first-order chi connectivity index (χ1) is 10.9. The van der Waals surface area contributed by atoms with E-state index in [1.54, 1.807) is 0 Å². The lowest BCUT2D eigenvalue weighted by molar-refractivity contribution is -0.318. The largest absolute Gasteiger partial charge is 0.394 e. The minimum absolute atomic E-state index is 0. The quantitative estimate of drug-likeness (QED) is 0.302. The SMILES string of the molecule is Cl.OC[C@H]1O[C@H](O[C@H]2[C@H]3[C@H](O)CCCN3C[C@H]2O)[C@H](O)[C@@H](O)[C@@H]1O. The molecule has 9 nitrogen and oxygen atoms in total. The van der Waals surface area contributed by atoms with Crippen LogP contribution in [0.25, 0.3) is 0 Å². The monoisotopic (exact) mass is 371 g/mol. The molecule has 0 spiro atoms. The Labute approximate surface area is 145 Å². The summed E-state index contributed by atoms with van der Waals surface area (Å²) in [6.45, 7) is 0.549. The van der Waals surface area contributed by atoms with Crippen molar-refractivity contribution >= 4 is 12.4 Å². The van der Waals surface area contributed by atoms with E-state index in [9.17, 15) is 30.6 Å². The van der Waals surface area contributed by atoms with Gasteiger partial charge in [-0.25, -0.2) is 0 Å². The summed E-state index contributed by atoms with van der Waals surface area (Å²) in [5.41, 5.74) is 0. The summed E-state index contributed by atoms with van der Waals surface area (Å²) in [6, 6.07) is -0.411. The van der Waals surface area contributed by atoms with Crippen LogP contribution < -0.4 is 0 Å². The molecule has 3 aliphatic rings. The van der Waals surface area contributed by atoms with Crippen molar-refractivity contribution in [2.45, 2.75) is 67.9 Å². The van der Waals surface area contributed by atoms with E-state index >= 15 is 0 Å². The highest BCUT2D eigenvalue weighted by molar-refractivity contribution is 5.85. The Bertz CT molecular complexity index is 416. The first kappa shape index (κ1) is 20.2. The highest BCUT2D eigenvalue weighted by Crippen LogP contribution is 2.32. The molecule has 0 aliphatic carbocycles. The van der Waals surface area contributed by atoms with Gasteiger partial charge in [-0.2, -0.15) is 0 Å². The van der Waals surface area contributed by atoms with Crippen LogP contribution in [0, 0.1) is 0 Å². The minimum atomic E-state index is -1.53. The molecule has 3 fully saturated rings. The zero-order chi connectivity index (χ0) is 16.7. The average Bonchev–Trinajstić information content (AvgIpc) is 2.85. The Hall–Kier alpha value is -0.0700. The molecule has 0 unspecified atom stereocenters. The van der Waals surface area contributed by atoms with Gasteiger partial charge in [-0.15, -0.1) is 12.4 Å². The molecule has 0 bridgehead atoms. The lowest BCUT2D eigenvalue weighted by Crippen LogP contribution is -2.61. The fourth-order valence-electron chi connectivity index (χ4n) is 3.78. The zero-order valence-corrected chi connectivity index (χ0v) is 13.9. The number of ether oxygens (including phenoxy) is 2. The number of rotatable bonds is 3. The number of hydrogen-bond donors (Lipinski definition) is 6. The highest BCUT2D eigenvalue weighted by Gasteiger charge is 2.51. The van der Waals surface area contributed by atoms with E-state index in [0.29, 0.717) is 13.0 Å². The maximum atomic E-state index is 10.2. The van der Waals surface area contributed by atoms with E-state index < -0.39 is 61.7 Å². The van der Waals surface area contributed by atoms with E-state index in [2.05, 4.69) is 0 Å². The zero-order valence-electron chi connectivity index (χ0n) is 13.1. The summed E-state index contributed by atoms with van der Waals surface area (Å²) in [5.74, 6) is 0. The molecule has 3 saturated heterocycles. The second-order valence-electron chi connectivity index (χ2n) is 6.56. The fraction of sp³-hybridized carbons (Fsp3) is 1.00. The minimum Gasteiger partial charge on any atom is -0.394 e. The maximum Gasteiger partial charge on any atom is 0.187 e. The van der Waals surface area contributed by atoms with Gasteiger partial charge in [0, 0.05) is 6.54 Å². The Morgan fingerprint density at radius 3 is 2.38 bits per heavy atom. The van der Waals surface area contributed by atoms with Crippen LogP contribution in [0.1, 0.15) is 12.8 Å². The standard InChI is InChI=1S/C14H25NO8.ClH/c16-5-8-10(19)11(20)12(21)14(22-8)23-13-7(18)4-15-3-1-2-6(17)9(13)15;/h6-14,16-21H,1-5H2;1H/t6-,7-,8-,9-,10-,11+,12-,13-,14-;/m1./s1. The first-order valence-corrected chi connectivity index (χ1v) is 8.00.